The summed E-state index contributed by atoms with van der Waals surface area (Å²) in [4.78, 5) is 1.23. The summed E-state index contributed by atoms with van der Waals surface area (Å²) in [6.07, 6.45) is 3.04. The van der Waals surface area contributed by atoms with Crippen LogP contribution < -0.4 is 5.32 Å². The highest BCUT2D eigenvalue weighted by atomic mass is 79.9. The Morgan fingerprint density at radius 3 is 2.89 bits per heavy atom. The topological polar surface area (TPSA) is 29.9 Å². The normalized spacial score (nSPS) is 11.1. The number of nitrogens with one attached hydrogen (secondary N) is 1. The lowest BCUT2D eigenvalue weighted by atomic mass is 10.2. The lowest BCUT2D eigenvalue weighted by Gasteiger charge is -2.02. The molecule has 0 aliphatic carbocycles. The van der Waals surface area contributed by atoms with Crippen LogP contribution in [0.25, 0.3) is 0 Å². The summed E-state index contributed by atoms with van der Waals surface area (Å²) >= 11 is 11.0. The first-order valence-electron chi connectivity index (χ1n) is 5.76. The van der Waals surface area contributed by atoms with E-state index in [0.717, 1.165) is 34.0 Å². The molecule has 2 heterocycles. The zero-order valence-corrected chi connectivity index (χ0v) is 13.5. The van der Waals surface area contributed by atoms with Crippen molar-refractivity contribution in [1.29, 1.82) is 0 Å². The van der Waals surface area contributed by atoms with Crippen molar-refractivity contribution in [1.82, 2.24) is 15.1 Å². The molecule has 98 valence electrons. The van der Waals surface area contributed by atoms with Crippen LogP contribution in [0.4, 0.5) is 0 Å². The number of aromatic nitrogens is 2. The van der Waals surface area contributed by atoms with Crippen LogP contribution in [0.15, 0.2) is 16.7 Å². The van der Waals surface area contributed by atoms with Gasteiger partial charge >= 0.3 is 0 Å². The molecule has 18 heavy (non-hydrogen) atoms. The first-order valence-corrected chi connectivity index (χ1v) is 7.74. The van der Waals surface area contributed by atoms with Crippen LogP contribution in [-0.4, -0.2) is 9.78 Å². The van der Waals surface area contributed by atoms with Gasteiger partial charge < -0.3 is 5.32 Å². The monoisotopic (exact) mass is 347 g/mol. The molecule has 2 aromatic heterocycles. The Morgan fingerprint density at radius 1 is 1.50 bits per heavy atom. The quantitative estimate of drug-likeness (QED) is 0.892. The molecule has 3 nitrogen and oxygen atoms in total. The highest BCUT2D eigenvalue weighted by Crippen LogP contribution is 2.31. The molecule has 0 radical (unpaired) electrons. The molecule has 0 atom stereocenters. The number of rotatable bonds is 5. The van der Waals surface area contributed by atoms with E-state index < -0.39 is 0 Å². The SMILES string of the molecule is CCc1nn(C)cc1CNCc1cc(Br)c(Cl)s1. The van der Waals surface area contributed by atoms with E-state index in [1.807, 2.05) is 11.7 Å². The van der Waals surface area contributed by atoms with Gasteiger partial charge in [0.05, 0.1) is 5.69 Å². The van der Waals surface area contributed by atoms with Crippen LogP contribution in [0.5, 0.6) is 0 Å². The van der Waals surface area contributed by atoms with Gasteiger partial charge in [-0.3, -0.25) is 4.68 Å². The third-order valence-electron chi connectivity index (χ3n) is 2.64. The van der Waals surface area contributed by atoms with Gasteiger partial charge in [0.2, 0.25) is 0 Å². The summed E-state index contributed by atoms with van der Waals surface area (Å²) in [6.45, 7) is 3.79. The fraction of sp³-hybridized carbons (Fsp3) is 0.417. The molecule has 0 saturated heterocycles. The molecule has 2 aromatic rings. The molecule has 0 aromatic carbocycles. The van der Waals surface area contributed by atoms with E-state index >= 15 is 0 Å². The minimum Gasteiger partial charge on any atom is -0.308 e. The highest BCUT2D eigenvalue weighted by Gasteiger charge is 2.07. The molecule has 0 aliphatic heterocycles. The molecule has 0 unspecified atom stereocenters. The number of hydrogen-bond acceptors (Lipinski definition) is 3. The third-order valence-corrected chi connectivity index (χ3v) is 5.11. The van der Waals surface area contributed by atoms with Crippen molar-refractivity contribution in [3.63, 3.8) is 0 Å². The van der Waals surface area contributed by atoms with Gasteiger partial charge in [-0.15, -0.1) is 11.3 Å². The van der Waals surface area contributed by atoms with Crippen molar-refractivity contribution in [2.45, 2.75) is 26.4 Å². The number of aryl methyl sites for hydroxylation is 2. The summed E-state index contributed by atoms with van der Waals surface area (Å²) in [5.74, 6) is 0. The Hall–Kier alpha value is -0.360. The second-order valence-electron chi connectivity index (χ2n) is 4.07. The predicted molar refractivity (Wildman–Crippen MR) is 80.2 cm³/mol. The molecule has 0 fully saturated rings. The average molecular weight is 349 g/mol. The van der Waals surface area contributed by atoms with E-state index in [2.05, 4.69) is 45.5 Å². The fourth-order valence-corrected chi connectivity index (χ4v) is 3.59. The van der Waals surface area contributed by atoms with Gasteiger partial charge in [0.1, 0.15) is 4.34 Å². The summed E-state index contributed by atoms with van der Waals surface area (Å²) in [5.41, 5.74) is 2.43. The number of halogens is 2. The molecule has 0 aliphatic rings. The van der Waals surface area contributed by atoms with Gasteiger partial charge in [-0.2, -0.15) is 5.10 Å². The molecular formula is C12H15BrClN3S. The van der Waals surface area contributed by atoms with E-state index in [4.69, 9.17) is 11.6 Å². The third kappa shape index (κ3) is 3.35. The van der Waals surface area contributed by atoms with Crippen molar-refractivity contribution < 1.29 is 0 Å². The van der Waals surface area contributed by atoms with Crippen molar-refractivity contribution in [2.75, 3.05) is 0 Å². The maximum Gasteiger partial charge on any atom is 0.107 e. The molecule has 0 amide bonds. The van der Waals surface area contributed by atoms with Crippen molar-refractivity contribution in [3.05, 3.63) is 37.2 Å². The molecule has 1 N–H and O–H groups in total. The van der Waals surface area contributed by atoms with Crippen molar-refractivity contribution >= 4 is 38.9 Å². The highest BCUT2D eigenvalue weighted by molar-refractivity contribution is 9.10. The van der Waals surface area contributed by atoms with E-state index in [1.54, 1.807) is 11.3 Å². The second kappa shape index (κ2) is 6.19. The van der Waals surface area contributed by atoms with Crippen LogP contribution in [-0.2, 0) is 26.6 Å². The van der Waals surface area contributed by atoms with E-state index in [0.29, 0.717) is 0 Å². The van der Waals surface area contributed by atoms with Crippen molar-refractivity contribution in [3.8, 4) is 0 Å². The van der Waals surface area contributed by atoms with E-state index in [9.17, 15) is 0 Å². The zero-order chi connectivity index (χ0) is 13.1. The van der Waals surface area contributed by atoms with Gasteiger partial charge in [-0.05, 0) is 28.4 Å². The minimum atomic E-state index is 0.808. The standard InChI is InChI=1S/C12H15BrClN3S/c1-3-11-8(7-17(2)16-11)5-15-6-9-4-10(13)12(14)18-9/h4,7,15H,3,5-6H2,1-2H3. The van der Waals surface area contributed by atoms with Gasteiger partial charge in [-0.1, -0.05) is 18.5 Å². The molecule has 2 rings (SSSR count). The largest absolute Gasteiger partial charge is 0.308 e. The summed E-state index contributed by atoms with van der Waals surface area (Å²) < 4.78 is 3.65. The minimum absolute atomic E-state index is 0.808. The summed E-state index contributed by atoms with van der Waals surface area (Å²) in [5, 5.41) is 7.85. The van der Waals surface area contributed by atoms with Crippen LogP contribution in [0, 0.1) is 0 Å². The predicted octanol–water partition coefficient (Wildman–Crippen LogP) is 3.75. The van der Waals surface area contributed by atoms with Crippen LogP contribution in [0.3, 0.4) is 0 Å². The zero-order valence-electron chi connectivity index (χ0n) is 10.3. The number of thiophene rings is 1. The van der Waals surface area contributed by atoms with Crippen molar-refractivity contribution in [2.24, 2.45) is 7.05 Å². The van der Waals surface area contributed by atoms with Crippen LogP contribution >= 0.6 is 38.9 Å². The second-order valence-corrected chi connectivity index (χ2v) is 6.66. The molecule has 0 bridgehead atoms. The smallest absolute Gasteiger partial charge is 0.107 e. The lowest BCUT2D eigenvalue weighted by Crippen LogP contribution is -2.12. The Bertz CT molecular complexity index is 516. The Labute approximate surface area is 124 Å². The van der Waals surface area contributed by atoms with E-state index in [-0.39, 0.29) is 0 Å². The number of hydrogen-bond donors (Lipinski definition) is 1. The molecule has 0 spiro atoms. The summed E-state index contributed by atoms with van der Waals surface area (Å²) in [6, 6.07) is 2.06. The maximum absolute atomic E-state index is 6.01. The molecular weight excluding hydrogens is 334 g/mol. The molecule has 0 saturated carbocycles. The van der Waals surface area contributed by atoms with Gasteiger partial charge in [0.15, 0.2) is 0 Å². The maximum atomic E-state index is 6.01. The first-order chi connectivity index (χ1) is 8.60. The summed E-state index contributed by atoms with van der Waals surface area (Å²) in [7, 11) is 1.96. The van der Waals surface area contributed by atoms with Crippen LogP contribution in [0.2, 0.25) is 4.34 Å². The molecule has 6 heteroatoms. The Morgan fingerprint density at radius 2 is 2.28 bits per heavy atom. The number of nitrogens with zero attached hydrogens (tertiary/aromatic N) is 2. The Balaban J connectivity index is 1.91. The van der Waals surface area contributed by atoms with Gasteiger partial charge in [0.25, 0.3) is 0 Å². The Kier molecular flexibility index (Phi) is 4.84. The van der Waals surface area contributed by atoms with E-state index in [1.165, 1.54) is 10.4 Å². The lowest BCUT2D eigenvalue weighted by molar-refractivity contribution is 0.695. The van der Waals surface area contributed by atoms with Gasteiger partial charge in [-0.25, -0.2) is 0 Å². The average Bonchev–Trinajstić information content (AvgIpc) is 2.83. The van der Waals surface area contributed by atoms with Crippen LogP contribution in [0.1, 0.15) is 23.1 Å². The van der Waals surface area contributed by atoms with Gasteiger partial charge in [0, 0.05) is 41.2 Å². The first kappa shape index (κ1) is 14.1. The fourth-order valence-electron chi connectivity index (χ4n) is 1.83.